The highest BCUT2D eigenvalue weighted by Gasteiger charge is 2.43. The van der Waals surface area contributed by atoms with E-state index in [1.54, 1.807) is 12.1 Å². The summed E-state index contributed by atoms with van der Waals surface area (Å²) >= 11 is 3.36. The number of aromatic nitrogens is 1. The highest BCUT2D eigenvalue weighted by Crippen LogP contribution is 2.36. The minimum Gasteiger partial charge on any atom is -0.344 e. The molecule has 80 valence electrons. The first-order chi connectivity index (χ1) is 7.15. The Kier molecular flexibility index (Phi) is 2.65. The van der Waals surface area contributed by atoms with Crippen LogP contribution in [-0.2, 0) is 0 Å². The summed E-state index contributed by atoms with van der Waals surface area (Å²) in [5, 5.41) is 3.66. The molecule has 1 aliphatic rings. The Hall–Kier alpha value is -1.10. The highest BCUT2D eigenvalue weighted by molar-refractivity contribution is 9.09. The zero-order valence-corrected chi connectivity index (χ0v) is 9.63. The Labute approximate surface area is 95.2 Å². The summed E-state index contributed by atoms with van der Waals surface area (Å²) in [7, 11) is 0. The molecule has 15 heavy (non-hydrogen) atoms. The Morgan fingerprint density at radius 1 is 1.53 bits per heavy atom. The summed E-state index contributed by atoms with van der Waals surface area (Å²) in [6.45, 7) is 0. The molecule has 0 unspecified atom stereocenters. The number of carbonyl (C=O) groups excluding carboxylic acids is 1. The topological polar surface area (TPSA) is 62.0 Å². The first kappa shape index (κ1) is 10.4. The molecule has 0 aliphatic heterocycles. The molecular weight excluding hydrogens is 260 g/mol. The van der Waals surface area contributed by atoms with Crippen LogP contribution in [0.4, 0.5) is 0 Å². The number of hydrogen-bond donors (Lipinski definition) is 2. The fraction of sp³-hybridized carbons (Fsp3) is 0.400. The second-order valence-electron chi connectivity index (χ2n) is 3.80. The Bertz CT molecular complexity index is 437. The number of halogens is 1. The molecule has 1 aliphatic carbocycles. The Balaban J connectivity index is 2.12. The van der Waals surface area contributed by atoms with Crippen molar-refractivity contribution in [3.05, 3.63) is 34.2 Å². The number of carbonyl (C=O) groups is 1. The first-order valence-corrected chi connectivity index (χ1v) is 5.85. The van der Waals surface area contributed by atoms with Crippen molar-refractivity contribution in [2.75, 3.05) is 5.33 Å². The predicted molar refractivity (Wildman–Crippen MR) is 60.3 cm³/mol. The molecule has 1 aromatic rings. The third-order valence-corrected chi connectivity index (χ3v) is 3.57. The van der Waals surface area contributed by atoms with Gasteiger partial charge in [-0.05, 0) is 18.9 Å². The van der Waals surface area contributed by atoms with Crippen LogP contribution in [0.5, 0.6) is 0 Å². The minimum absolute atomic E-state index is 0.0934. The molecule has 1 amide bonds. The fourth-order valence-corrected chi connectivity index (χ4v) is 2.03. The molecule has 1 saturated carbocycles. The number of nitrogens with one attached hydrogen (secondary N) is 2. The van der Waals surface area contributed by atoms with Crippen LogP contribution in [0.15, 0.2) is 23.0 Å². The minimum atomic E-state index is -0.258. The maximum absolute atomic E-state index is 11.7. The van der Waals surface area contributed by atoms with Crippen molar-refractivity contribution >= 4 is 21.8 Å². The largest absolute Gasteiger partial charge is 0.344 e. The molecule has 0 saturated heterocycles. The zero-order chi connectivity index (χ0) is 10.9. The lowest BCUT2D eigenvalue weighted by Crippen LogP contribution is -2.38. The van der Waals surface area contributed by atoms with Crippen molar-refractivity contribution in [2.45, 2.75) is 18.4 Å². The summed E-state index contributed by atoms with van der Waals surface area (Å²) in [4.78, 5) is 25.2. The van der Waals surface area contributed by atoms with Crippen LogP contribution in [0, 0.1) is 0 Å². The smallest absolute Gasteiger partial charge is 0.268 e. The molecule has 5 heteroatoms. The molecule has 1 fully saturated rings. The highest BCUT2D eigenvalue weighted by atomic mass is 79.9. The van der Waals surface area contributed by atoms with Gasteiger partial charge < -0.3 is 10.3 Å². The molecule has 0 bridgehead atoms. The predicted octanol–water partition coefficient (Wildman–Crippen LogP) is 1.03. The van der Waals surface area contributed by atoms with Crippen molar-refractivity contribution in [3.63, 3.8) is 0 Å². The van der Waals surface area contributed by atoms with Gasteiger partial charge in [0.25, 0.3) is 5.91 Å². The van der Waals surface area contributed by atoms with Gasteiger partial charge in [0.05, 0.1) is 5.54 Å². The van der Waals surface area contributed by atoms with Gasteiger partial charge in [-0.2, -0.15) is 0 Å². The van der Waals surface area contributed by atoms with E-state index in [2.05, 4.69) is 26.2 Å². The normalized spacial score (nSPS) is 17.1. The van der Waals surface area contributed by atoms with Crippen molar-refractivity contribution in [2.24, 2.45) is 0 Å². The second kappa shape index (κ2) is 3.81. The van der Waals surface area contributed by atoms with Gasteiger partial charge in [0.2, 0.25) is 5.56 Å². The van der Waals surface area contributed by atoms with Crippen LogP contribution in [0.1, 0.15) is 23.3 Å². The summed E-state index contributed by atoms with van der Waals surface area (Å²) in [6.07, 6.45) is 1.97. The van der Waals surface area contributed by atoms with Gasteiger partial charge in [-0.25, -0.2) is 0 Å². The molecule has 0 radical (unpaired) electrons. The molecule has 0 spiro atoms. The van der Waals surface area contributed by atoms with E-state index in [-0.39, 0.29) is 17.0 Å². The molecule has 0 aromatic carbocycles. The third-order valence-electron chi connectivity index (χ3n) is 2.50. The van der Waals surface area contributed by atoms with Gasteiger partial charge >= 0.3 is 0 Å². The van der Waals surface area contributed by atoms with Gasteiger partial charge in [-0.1, -0.05) is 22.0 Å². The Morgan fingerprint density at radius 3 is 2.80 bits per heavy atom. The number of hydrogen-bond acceptors (Lipinski definition) is 2. The fourth-order valence-electron chi connectivity index (χ4n) is 1.33. The monoisotopic (exact) mass is 270 g/mol. The van der Waals surface area contributed by atoms with Crippen molar-refractivity contribution in [3.8, 4) is 0 Å². The van der Waals surface area contributed by atoms with Crippen LogP contribution in [0.3, 0.4) is 0 Å². The van der Waals surface area contributed by atoms with Gasteiger partial charge in [-0.3, -0.25) is 9.59 Å². The SMILES string of the molecule is O=C(NC1(CBr)CC1)c1cccc(=O)[nH]1. The maximum atomic E-state index is 11.7. The van der Waals surface area contributed by atoms with E-state index in [4.69, 9.17) is 0 Å². The lowest BCUT2D eigenvalue weighted by Gasteiger charge is -2.13. The van der Waals surface area contributed by atoms with Crippen LogP contribution in [0.2, 0.25) is 0 Å². The van der Waals surface area contributed by atoms with Gasteiger partial charge in [0.1, 0.15) is 5.69 Å². The molecule has 0 atom stereocenters. The van der Waals surface area contributed by atoms with Crippen molar-refractivity contribution in [1.82, 2.24) is 10.3 Å². The zero-order valence-electron chi connectivity index (χ0n) is 8.05. The molecule has 1 heterocycles. The number of rotatable bonds is 3. The van der Waals surface area contributed by atoms with Gasteiger partial charge in [-0.15, -0.1) is 0 Å². The lowest BCUT2D eigenvalue weighted by molar-refractivity contribution is 0.0931. The number of alkyl halides is 1. The van der Waals surface area contributed by atoms with Crippen LogP contribution < -0.4 is 10.9 Å². The van der Waals surface area contributed by atoms with Crippen molar-refractivity contribution in [1.29, 1.82) is 0 Å². The van der Waals surface area contributed by atoms with Crippen LogP contribution in [0.25, 0.3) is 0 Å². The van der Waals surface area contributed by atoms with Crippen molar-refractivity contribution < 1.29 is 4.79 Å². The summed E-state index contributed by atoms with van der Waals surface area (Å²) in [6, 6.07) is 4.55. The van der Waals surface area contributed by atoms with E-state index < -0.39 is 0 Å². The number of aromatic amines is 1. The maximum Gasteiger partial charge on any atom is 0.268 e. The van der Waals surface area contributed by atoms with E-state index in [0.29, 0.717) is 5.69 Å². The lowest BCUT2D eigenvalue weighted by atomic mass is 10.3. The van der Waals surface area contributed by atoms with Gasteiger partial charge in [0, 0.05) is 11.4 Å². The van der Waals surface area contributed by atoms with Crippen LogP contribution >= 0.6 is 15.9 Å². The van der Waals surface area contributed by atoms with E-state index >= 15 is 0 Å². The van der Waals surface area contributed by atoms with Gasteiger partial charge in [0.15, 0.2) is 0 Å². The summed E-state index contributed by atoms with van der Waals surface area (Å²) in [5.41, 5.74) is -0.0369. The van der Waals surface area contributed by atoms with E-state index in [9.17, 15) is 9.59 Å². The third kappa shape index (κ3) is 2.28. The number of pyridine rings is 1. The van der Waals surface area contributed by atoms with E-state index in [1.807, 2.05) is 0 Å². The molecule has 2 N–H and O–H groups in total. The quantitative estimate of drug-likeness (QED) is 0.807. The molecular formula is C10H11BrN2O2. The standard InChI is InChI=1S/C10H11BrN2O2/c11-6-10(4-5-10)13-9(15)7-2-1-3-8(14)12-7/h1-3H,4-6H2,(H,12,14)(H,13,15). The summed E-state index contributed by atoms with van der Waals surface area (Å²) < 4.78 is 0. The molecule has 1 aromatic heterocycles. The summed E-state index contributed by atoms with van der Waals surface area (Å²) in [5.74, 6) is -0.218. The second-order valence-corrected chi connectivity index (χ2v) is 4.36. The van der Waals surface area contributed by atoms with Crippen LogP contribution in [-0.4, -0.2) is 21.8 Å². The van der Waals surface area contributed by atoms with E-state index in [1.165, 1.54) is 6.07 Å². The molecule has 2 rings (SSSR count). The van der Waals surface area contributed by atoms with E-state index in [0.717, 1.165) is 18.2 Å². The average Bonchev–Trinajstić information content (AvgIpc) is 2.98. The Morgan fingerprint density at radius 2 is 2.27 bits per heavy atom. The molecule has 4 nitrogen and oxygen atoms in total. The average molecular weight is 271 g/mol. The number of amides is 1. The first-order valence-electron chi connectivity index (χ1n) is 4.73. The number of H-pyrrole nitrogens is 1.